The zero-order valence-electron chi connectivity index (χ0n) is 7.15. The molecule has 0 saturated heterocycles. The van der Waals surface area contributed by atoms with Crippen molar-refractivity contribution in [3.05, 3.63) is 17.8 Å². The number of fused-ring (bicyclic) bond motifs is 1. The van der Waals surface area contributed by atoms with Crippen molar-refractivity contribution >= 4 is 17.7 Å². The number of aromatic nitrogens is 1. The molecule has 0 aliphatic carbocycles. The summed E-state index contributed by atoms with van der Waals surface area (Å²) in [5, 5.41) is 0. The highest BCUT2D eigenvalue weighted by Gasteiger charge is 2.16. The number of hydrogen-bond acceptors (Lipinski definition) is 4. The first-order valence-corrected chi connectivity index (χ1v) is 3.92. The van der Waals surface area contributed by atoms with Crippen LogP contribution in [-0.4, -0.2) is 24.1 Å². The Morgan fingerprint density at radius 1 is 1.46 bits per heavy atom. The van der Waals surface area contributed by atoms with Gasteiger partial charge in [-0.2, -0.15) is 0 Å². The molecule has 0 fully saturated rings. The monoisotopic (exact) mass is 176 g/mol. The topological polar surface area (TPSA) is 51.5 Å². The Morgan fingerprint density at radius 2 is 2.31 bits per heavy atom. The molecular formula is C9H8N2O2. The summed E-state index contributed by atoms with van der Waals surface area (Å²) in [5.41, 5.74) is 1.03. The van der Waals surface area contributed by atoms with Crippen LogP contribution in [0.3, 0.4) is 0 Å². The van der Waals surface area contributed by atoms with E-state index in [4.69, 9.17) is 4.74 Å². The van der Waals surface area contributed by atoms with Crippen LogP contribution < -0.4 is 4.74 Å². The van der Waals surface area contributed by atoms with Crippen molar-refractivity contribution < 1.29 is 9.53 Å². The molecule has 4 heteroatoms. The van der Waals surface area contributed by atoms with Crippen molar-refractivity contribution in [2.75, 3.05) is 7.11 Å². The summed E-state index contributed by atoms with van der Waals surface area (Å²) in [6.07, 6.45) is 1.92. The maximum absolute atomic E-state index is 11.3. The van der Waals surface area contributed by atoms with Gasteiger partial charge in [-0.1, -0.05) is 0 Å². The van der Waals surface area contributed by atoms with Crippen molar-refractivity contribution in [3.8, 4) is 5.88 Å². The Kier molecular flexibility index (Phi) is 1.81. The number of hydrogen-bond donors (Lipinski definition) is 0. The molecule has 2 heterocycles. The van der Waals surface area contributed by atoms with Crippen LogP contribution in [0.5, 0.6) is 5.88 Å². The Labute approximate surface area is 75.3 Å². The van der Waals surface area contributed by atoms with Crippen molar-refractivity contribution in [3.63, 3.8) is 0 Å². The Balaban J connectivity index is 2.54. The van der Waals surface area contributed by atoms with Crippen molar-refractivity contribution in [1.29, 1.82) is 0 Å². The maximum Gasteiger partial charge on any atom is 0.213 e. The molecule has 66 valence electrons. The number of rotatable bonds is 1. The van der Waals surface area contributed by atoms with Crippen LogP contribution in [-0.2, 0) is 0 Å². The van der Waals surface area contributed by atoms with Gasteiger partial charge in [0.2, 0.25) is 5.88 Å². The molecule has 1 aliphatic rings. The van der Waals surface area contributed by atoms with E-state index in [9.17, 15) is 4.79 Å². The largest absolute Gasteiger partial charge is 0.481 e. The van der Waals surface area contributed by atoms with Gasteiger partial charge in [-0.25, -0.2) is 4.98 Å². The average Bonchev–Trinajstić information content (AvgIpc) is 2.18. The van der Waals surface area contributed by atoms with Crippen LogP contribution in [0.1, 0.15) is 16.9 Å². The fourth-order valence-corrected chi connectivity index (χ4v) is 1.18. The highest BCUT2D eigenvalue weighted by Crippen LogP contribution is 2.24. The molecule has 0 radical (unpaired) electrons. The van der Waals surface area contributed by atoms with Crippen LogP contribution in [0, 0.1) is 0 Å². The van der Waals surface area contributed by atoms with Gasteiger partial charge >= 0.3 is 0 Å². The van der Waals surface area contributed by atoms with Crippen LogP contribution >= 0.6 is 0 Å². The van der Waals surface area contributed by atoms with Gasteiger partial charge in [0.05, 0.1) is 12.8 Å². The standard InChI is InChI=1S/C9H8N2O2/c1-13-8-3-2-6-9(11-8)7(12)4-5-10-6/h2-3,5H,4H2,1H3. The van der Waals surface area contributed by atoms with Gasteiger partial charge < -0.3 is 4.74 Å². The van der Waals surface area contributed by atoms with E-state index in [0.29, 0.717) is 23.7 Å². The number of carbonyl (C=O) groups is 1. The zero-order chi connectivity index (χ0) is 9.26. The molecule has 13 heavy (non-hydrogen) atoms. The predicted octanol–water partition coefficient (Wildman–Crippen LogP) is 1.38. The minimum atomic E-state index is -0.0103. The van der Waals surface area contributed by atoms with Crippen LogP contribution in [0.2, 0.25) is 0 Å². The van der Waals surface area contributed by atoms with Gasteiger partial charge in [0.25, 0.3) is 0 Å². The van der Waals surface area contributed by atoms with E-state index in [1.807, 2.05) is 0 Å². The molecule has 0 aromatic carbocycles. The van der Waals surface area contributed by atoms with E-state index in [2.05, 4.69) is 9.98 Å². The second-order valence-corrected chi connectivity index (χ2v) is 2.66. The van der Waals surface area contributed by atoms with Crippen molar-refractivity contribution in [2.24, 2.45) is 4.99 Å². The summed E-state index contributed by atoms with van der Waals surface area (Å²) in [7, 11) is 1.52. The van der Waals surface area contributed by atoms with Crippen molar-refractivity contribution in [2.45, 2.75) is 6.42 Å². The molecule has 1 aromatic heterocycles. The SMILES string of the molecule is COc1ccc2c(n1)C(=O)CC=N2. The number of ether oxygens (including phenoxy) is 1. The fourth-order valence-electron chi connectivity index (χ4n) is 1.18. The molecular weight excluding hydrogens is 168 g/mol. The summed E-state index contributed by atoms with van der Waals surface area (Å²) in [6.45, 7) is 0. The quantitative estimate of drug-likeness (QED) is 0.649. The number of methoxy groups -OCH3 is 1. The van der Waals surface area contributed by atoms with Gasteiger partial charge in [0, 0.05) is 18.7 Å². The number of carbonyl (C=O) groups excluding carboxylic acids is 1. The second-order valence-electron chi connectivity index (χ2n) is 2.66. The highest BCUT2D eigenvalue weighted by atomic mass is 16.5. The van der Waals surface area contributed by atoms with E-state index >= 15 is 0 Å². The first-order chi connectivity index (χ1) is 6.31. The normalized spacial score (nSPS) is 14.1. The van der Waals surface area contributed by atoms with E-state index in [1.165, 1.54) is 7.11 Å². The molecule has 0 saturated carbocycles. The lowest BCUT2D eigenvalue weighted by Crippen LogP contribution is -2.07. The van der Waals surface area contributed by atoms with Crippen LogP contribution in [0.25, 0.3) is 0 Å². The summed E-state index contributed by atoms with van der Waals surface area (Å²) in [4.78, 5) is 19.4. The lowest BCUT2D eigenvalue weighted by Gasteiger charge is -2.08. The molecule has 0 N–H and O–H groups in total. The smallest absolute Gasteiger partial charge is 0.213 e. The van der Waals surface area contributed by atoms with Gasteiger partial charge in [-0.3, -0.25) is 9.79 Å². The van der Waals surface area contributed by atoms with Gasteiger partial charge in [-0.05, 0) is 6.07 Å². The number of ketones is 1. The lowest BCUT2D eigenvalue weighted by molar-refractivity contribution is 0.0995. The highest BCUT2D eigenvalue weighted by molar-refractivity contribution is 6.08. The van der Waals surface area contributed by atoms with Gasteiger partial charge in [0.15, 0.2) is 5.78 Å². The predicted molar refractivity (Wildman–Crippen MR) is 47.9 cm³/mol. The number of nitrogens with zero attached hydrogens (tertiary/aromatic N) is 2. The minimum Gasteiger partial charge on any atom is -0.481 e. The second kappa shape index (κ2) is 2.97. The first kappa shape index (κ1) is 7.91. The molecule has 1 aliphatic heterocycles. The number of pyridine rings is 1. The molecule has 0 bridgehead atoms. The molecule has 4 nitrogen and oxygen atoms in total. The van der Waals surface area contributed by atoms with Crippen molar-refractivity contribution in [1.82, 2.24) is 4.98 Å². The van der Waals surface area contributed by atoms with Gasteiger partial charge in [-0.15, -0.1) is 0 Å². The molecule has 2 rings (SSSR count). The summed E-state index contributed by atoms with van der Waals surface area (Å²) < 4.78 is 4.91. The van der Waals surface area contributed by atoms with E-state index < -0.39 is 0 Å². The Morgan fingerprint density at radius 3 is 3.08 bits per heavy atom. The Hall–Kier alpha value is -1.71. The minimum absolute atomic E-state index is 0.0103. The average molecular weight is 176 g/mol. The first-order valence-electron chi connectivity index (χ1n) is 3.92. The maximum atomic E-state index is 11.3. The molecule has 1 aromatic rings. The van der Waals surface area contributed by atoms with E-state index in [-0.39, 0.29) is 5.78 Å². The molecule has 0 atom stereocenters. The molecule has 0 spiro atoms. The summed E-state index contributed by atoms with van der Waals surface area (Å²) >= 11 is 0. The van der Waals surface area contributed by atoms with Crippen LogP contribution in [0.4, 0.5) is 5.69 Å². The third-order valence-corrected chi connectivity index (χ3v) is 1.83. The molecule has 0 unspecified atom stereocenters. The van der Waals surface area contributed by atoms with Crippen LogP contribution in [0.15, 0.2) is 17.1 Å². The Bertz CT molecular complexity index is 385. The lowest BCUT2D eigenvalue weighted by atomic mass is 10.1. The summed E-state index contributed by atoms with van der Waals surface area (Å²) in [5.74, 6) is 0.438. The third kappa shape index (κ3) is 1.30. The number of Topliss-reactive ketones (excluding diaryl/α,β-unsaturated/α-hetero) is 1. The molecule has 0 amide bonds. The van der Waals surface area contributed by atoms with E-state index in [0.717, 1.165) is 0 Å². The van der Waals surface area contributed by atoms with Gasteiger partial charge in [0.1, 0.15) is 5.69 Å². The fraction of sp³-hybridized carbons (Fsp3) is 0.222. The summed E-state index contributed by atoms with van der Waals surface area (Å²) in [6, 6.07) is 3.42. The van der Waals surface area contributed by atoms with E-state index in [1.54, 1.807) is 18.3 Å². The third-order valence-electron chi connectivity index (χ3n) is 1.83. The zero-order valence-corrected chi connectivity index (χ0v) is 7.15. The number of aliphatic imine (C=N–C) groups is 1.